The molecule has 1 saturated heterocycles. The molecule has 2 aromatic carbocycles. The van der Waals surface area contributed by atoms with E-state index in [2.05, 4.69) is 18.2 Å². The minimum Gasteiger partial charge on any atom is -0.489 e. The summed E-state index contributed by atoms with van der Waals surface area (Å²) in [5, 5.41) is 0. The molecule has 4 rings (SSSR count). The van der Waals surface area contributed by atoms with Crippen molar-refractivity contribution in [1.82, 2.24) is 0 Å². The van der Waals surface area contributed by atoms with Gasteiger partial charge in [0.2, 0.25) is 0 Å². The van der Waals surface area contributed by atoms with Crippen LogP contribution in [0.25, 0.3) is 5.57 Å². The van der Waals surface area contributed by atoms with E-state index in [9.17, 15) is 9.59 Å². The van der Waals surface area contributed by atoms with E-state index in [4.69, 9.17) is 30.4 Å². The zero-order valence-electron chi connectivity index (χ0n) is 23.9. The van der Waals surface area contributed by atoms with Crippen LogP contribution in [-0.2, 0) is 30.4 Å². The number of hydrogen-bond donors (Lipinski definition) is 2. The molecule has 2 aromatic rings. The van der Waals surface area contributed by atoms with Gasteiger partial charge in [-0.05, 0) is 79.6 Å². The highest BCUT2D eigenvalue weighted by atomic mass is 16.7. The van der Waals surface area contributed by atoms with Crippen molar-refractivity contribution in [1.29, 1.82) is 0 Å². The first-order valence-corrected chi connectivity index (χ1v) is 14.5. The maximum absolute atomic E-state index is 12.9. The number of benzene rings is 2. The molecule has 220 valence electrons. The summed E-state index contributed by atoms with van der Waals surface area (Å²) < 4.78 is 22.9. The highest BCUT2D eigenvalue weighted by Gasteiger charge is 2.37. The molecule has 0 saturated carbocycles. The van der Waals surface area contributed by atoms with E-state index in [1.807, 2.05) is 55.5 Å². The van der Waals surface area contributed by atoms with Gasteiger partial charge in [0.15, 0.2) is 5.79 Å². The van der Waals surface area contributed by atoms with Gasteiger partial charge in [0.25, 0.3) is 0 Å². The number of ether oxygens (including phenoxy) is 4. The van der Waals surface area contributed by atoms with Crippen LogP contribution in [0.1, 0.15) is 74.5 Å². The second-order valence-corrected chi connectivity index (χ2v) is 10.6. The van der Waals surface area contributed by atoms with Crippen LogP contribution in [0, 0.1) is 0 Å². The molecule has 2 aliphatic rings. The lowest BCUT2D eigenvalue weighted by molar-refractivity contribution is -0.162. The molecule has 4 N–H and O–H groups in total. The van der Waals surface area contributed by atoms with Gasteiger partial charge < -0.3 is 30.4 Å². The largest absolute Gasteiger partial charge is 0.489 e. The quantitative estimate of drug-likeness (QED) is 0.149. The standard InChI is InChI=1S/C33H42N2O6/c1-2-3-9-29(31(36)41-32(37)30(35)10-4-5-19-34)26-11-13-28(14-12-26)38-23-24-7-6-8-27(22-24)25-15-17-33(18-16-25)39-20-21-40-33/h2-3,6-8,11-15,22,29-30H,4-5,9-10,16-21,23,34-35H2,1H3/t29?,30-/m0/s1. The zero-order valence-corrected chi connectivity index (χ0v) is 23.9. The third kappa shape index (κ3) is 8.60. The van der Waals surface area contributed by atoms with Crippen molar-refractivity contribution in [3.8, 4) is 5.75 Å². The highest BCUT2D eigenvalue weighted by Crippen LogP contribution is 2.38. The number of esters is 2. The number of nitrogens with two attached hydrogens (primary N) is 2. The summed E-state index contributed by atoms with van der Waals surface area (Å²) >= 11 is 0. The minimum atomic E-state index is -0.844. The highest BCUT2D eigenvalue weighted by molar-refractivity contribution is 5.91. The molecular weight excluding hydrogens is 520 g/mol. The Balaban J connectivity index is 1.34. The number of unbranched alkanes of at least 4 members (excludes halogenated alkanes) is 1. The molecule has 1 spiro atoms. The van der Waals surface area contributed by atoms with Crippen LogP contribution >= 0.6 is 0 Å². The van der Waals surface area contributed by atoms with Crippen LogP contribution in [-0.4, -0.2) is 43.5 Å². The van der Waals surface area contributed by atoms with E-state index >= 15 is 0 Å². The van der Waals surface area contributed by atoms with Gasteiger partial charge in [-0.1, -0.05) is 55.0 Å². The molecule has 0 bridgehead atoms. The van der Waals surface area contributed by atoms with Gasteiger partial charge in [-0.2, -0.15) is 0 Å². The van der Waals surface area contributed by atoms with E-state index in [1.54, 1.807) is 0 Å². The zero-order chi connectivity index (χ0) is 29.1. The fourth-order valence-corrected chi connectivity index (χ4v) is 5.17. The SMILES string of the molecule is CC=CCC(C(=O)OC(=O)[C@@H](N)CCCCN)c1ccc(OCc2cccc(C3=CCC4(CC3)OCCO4)c2)cc1. The molecule has 8 heteroatoms. The topological polar surface area (TPSA) is 123 Å². The smallest absolute Gasteiger partial charge is 0.330 e. The average Bonchev–Trinajstić information content (AvgIpc) is 3.45. The third-order valence-corrected chi connectivity index (χ3v) is 7.60. The summed E-state index contributed by atoms with van der Waals surface area (Å²) in [5.41, 5.74) is 15.7. The van der Waals surface area contributed by atoms with Gasteiger partial charge in [0, 0.05) is 12.8 Å². The van der Waals surface area contributed by atoms with E-state index in [-0.39, 0.29) is 0 Å². The first-order chi connectivity index (χ1) is 19.9. The van der Waals surface area contributed by atoms with E-state index in [0.717, 1.165) is 36.8 Å². The molecule has 1 unspecified atom stereocenters. The van der Waals surface area contributed by atoms with Gasteiger partial charge in [0.05, 0.1) is 19.1 Å². The summed E-state index contributed by atoms with van der Waals surface area (Å²) in [7, 11) is 0. The predicted octanol–water partition coefficient (Wildman–Crippen LogP) is 5.15. The van der Waals surface area contributed by atoms with Crippen molar-refractivity contribution in [2.75, 3.05) is 19.8 Å². The molecule has 1 heterocycles. The molecular formula is C33H42N2O6. The predicted molar refractivity (Wildman–Crippen MR) is 158 cm³/mol. The Bertz CT molecular complexity index is 1220. The maximum Gasteiger partial charge on any atom is 0.330 e. The first kappa shape index (κ1) is 30.7. The Kier molecular flexibility index (Phi) is 11.3. The summed E-state index contributed by atoms with van der Waals surface area (Å²) in [6.07, 6.45) is 10.8. The first-order valence-electron chi connectivity index (χ1n) is 14.5. The van der Waals surface area contributed by atoms with Crippen molar-refractivity contribution < 1.29 is 28.5 Å². The van der Waals surface area contributed by atoms with Crippen molar-refractivity contribution >= 4 is 17.5 Å². The summed E-state index contributed by atoms with van der Waals surface area (Å²) in [4.78, 5) is 25.3. The monoisotopic (exact) mass is 562 g/mol. The van der Waals surface area contributed by atoms with E-state index in [1.165, 1.54) is 11.1 Å². The van der Waals surface area contributed by atoms with Crippen LogP contribution in [0.3, 0.4) is 0 Å². The lowest BCUT2D eigenvalue weighted by Gasteiger charge is -2.30. The molecule has 2 atom stereocenters. The van der Waals surface area contributed by atoms with Crippen molar-refractivity contribution in [2.24, 2.45) is 11.5 Å². The summed E-state index contributed by atoms with van der Waals surface area (Å²) in [6.45, 7) is 4.16. The van der Waals surface area contributed by atoms with Crippen LogP contribution in [0.15, 0.2) is 66.8 Å². The Morgan fingerprint density at radius 2 is 1.85 bits per heavy atom. The third-order valence-electron chi connectivity index (χ3n) is 7.60. The van der Waals surface area contributed by atoms with Gasteiger partial charge in [-0.25, -0.2) is 4.79 Å². The average molecular weight is 563 g/mol. The second-order valence-electron chi connectivity index (χ2n) is 10.6. The fourth-order valence-electron chi connectivity index (χ4n) is 5.17. The Morgan fingerprint density at radius 1 is 1.07 bits per heavy atom. The number of hydrogen-bond acceptors (Lipinski definition) is 8. The van der Waals surface area contributed by atoms with E-state index < -0.39 is 29.7 Å². The van der Waals surface area contributed by atoms with Crippen LogP contribution in [0.2, 0.25) is 0 Å². The van der Waals surface area contributed by atoms with Crippen LogP contribution < -0.4 is 16.2 Å². The van der Waals surface area contributed by atoms with Crippen molar-refractivity contribution in [3.63, 3.8) is 0 Å². The Morgan fingerprint density at radius 3 is 2.54 bits per heavy atom. The number of carbonyl (C=O) groups excluding carboxylic acids is 2. The van der Waals surface area contributed by atoms with Crippen LogP contribution in [0.5, 0.6) is 5.75 Å². The summed E-state index contributed by atoms with van der Waals surface area (Å²) in [6, 6.07) is 14.9. The summed E-state index contributed by atoms with van der Waals surface area (Å²) in [5.74, 6) is -1.68. The molecule has 0 radical (unpaired) electrons. The lowest BCUT2D eigenvalue weighted by Crippen LogP contribution is -2.35. The Labute approximate surface area is 242 Å². The normalized spacial score (nSPS) is 17.8. The molecule has 1 aliphatic carbocycles. The van der Waals surface area contributed by atoms with Gasteiger partial charge in [0.1, 0.15) is 18.4 Å². The Hall–Kier alpha value is -3.30. The number of rotatable bonds is 13. The molecule has 0 amide bonds. The maximum atomic E-state index is 12.9. The van der Waals surface area contributed by atoms with Crippen molar-refractivity contribution in [2.45, 2.75) is 76.2 Å². The van der Waals surface area contributed by atoms with Gasteiger partial charge >= 0.3 is 11.9 Å². The van der Waals surface area contributed by atoms with Crippen LogP contribution in [0.4, 0.5) is 0 Å². The molecule has 1 aliphatic heterocycles. The second kappa shape index (κ2) is 15.1. The molecule has 41 heavy (non-hydrogen) atoms. The minimum absolute atomic E-state index is 0.410. The van der Waals surface area contributed by atoms with Gasteiger partial charge in [-0.15, -0.1) is 0 Å². The molecule has 1 fully saturated rings. The molecule has 0 aromatic heterocycles. The van der Waals surface area contributed by atoms with Crippen molar-refractivity contribution in [3.05, 3.63) is 83.4 Å². The molecule has 8 nitrogen and oxygen atoms in total. The fraction of sp³-hybridized carbons (Fsp3) is 0.455. The number of carbonyl (C=O) groups is 2. The van der Waals surface area contributed by atoms with Gasteiger partial charge in [-0.3, -0.25) is 4.79 Å². The lowest BCUT2D eigenvalue weighted by atomic mass is 9.89. The van der Waals surface area contributed by atoms with E-state index in [0.29, 0.717) is 51.4 Å². The number of allylic oxidation sites excluding steroid dienone is 3.